The summed E-state index contributed by atoms with van der Waals surface area (Å²) in [7, 11) is 0. The molecule has 0 radical (unpaired) electrons. The maximum absolute atomic E-state index is 6.28. The van der Waals surface area contributed by atoms with Gasteiger partial charge in [0.2, 0.25) is 0 Å². The Labute approximate surface area is 126 Å². The van der Waals surface area contributed by atoms with Crippen molar-refractivity contribution in [2.75, 3.05) is 26.3 Å². The second kappa shape index (κ2) is 5.85. The molecule has 2 atom stereocenters. The zero-order chi connectivity index (χ0) is 14.9. The van der Waals surface area contributed by atoms with Crippen molar-refractivity contribution < 1.29 is 14.2 Å². The Hall–Kier alpha value is -1.26. The van der Waals surface area contributed by atoms with E-state index in [2.05, 4.69) is 38.2 Å². The molecule has 2 heterocycles. The molecule has 4 heteroatoms. The molecule has 3 rings (SSSR count). The van der Waals surface area contributed by atoms with Gasteiger partial charge in [0.05, 0.1) is 12.2 Å². The van der Waals surface area contributed by atoms with Crippen molar-refractivity contribution in [2.45, 2.75) is 39.4 Å². The van der Waals surface area contributed by atoms with Crippen LogP contribution in [0.3, 0.4) is 0 Å². The van der Waals surface area contributed by atoms with Crippen LogP contribution in [0.4, 0.5) is 0 Å². The van der Waals surface area contributed by atoms with Gasteiger partial charge in [-0.1, -0.05) is 26.8 Å². The first-order valence-electron chi connectivity index (χ1n) is 7.77. The summed E-state index contributed by atoms with van der Waals surface area (Å²) < 4.78 is 17.5. The molecule has 1 fully saturated rings. The first-order chi connectivity index (χ1) is 10.0. The molecule has 2 aliphatic heterocycles. The lowest BCUT2D eigenvalue weighted by Crippen LogP contribution is -2.42. The van der Waals surface area contributed by atoms with Crippen LogP contribution in [0.1, 0.15) is 38.9 Å². The summed E-state index contributed by atoms with van der Waals surface area (Å²) in [6, 6.07) is 6.13. The van der Waals surface area contributed by atoms with E-state index < -0.39 is 0 Å². The van der Waals surface area contributed by atoms with Crippen LogP contribution in [0.5, 0.6) is 11.5 Å². The van der Waals surface area contributed by atoms with Crippen molar-refractivity contribution in [3.05, 3.63) is 23.8 Å². The summed E-state index contributed by atoms with van der Waals surface area (Å²) in [6.07, 6.45) is 1.40. The average Bonchev–Trinajstić information content (AvgIpc) is 2.45. The summed E-state index contributed by atoms with van der Waals surface area (Å²) in [5, 5.41) is 3.49. The lowest BCUT2D eigenvalue weighted by molar-refractivity contribution is -0.0553. The van der Waals surface area contributed by atoms with Gasteiger partial charge < -0.3 is 19.5 Å². The van der Waals surface area contributed by atoms with Crippen molar-refractivity contribution in [1.29, 1.82) is 0 Å². The predicted molar refractivity (Wildman–Crippen MR) is 82.0 cm³/mol. The second-order valence-electron chi connectivity index (χ2n) is 7.07. The molecular formula is C17H25NO3. The number of nitrogens with one attached hydrogen (secondary N) is 1. The molecule has 116 valence electrons. The van der Waals surface area contributed by atoms with Crippen LogP contribution < -0.4 is 14.8 Å². The van der Waals surface area contributed by atoms with Gasteiger partial charge in [0.25, 0.3) is 0 Å². The topological polar surface area (TPSA) is 39.7 Å². The van der Waals surface area contributed by atoms with Gasteiger partial charge in [0, 0.05) is 13.1 Å². The third-order valence-electron chi connectivity index (χ3n) is 3.84. The molecule has 4 nitrogen and oxygen atoms in total. The van der Waals surface area contributed by atoms with Crippen LogP contribution in [-0.2, 0) is 4.74 Å². The van der Waals surface area contributed by atoms with Gasteiger partial charge in [-0.05, 0) is 29.5 Å². The summed E-state index contributed by atoms with van der Waals surface area (Å²) in [5.41, 5.74) is 1.44. The molecule has 0 saturated carbocycles. The van der Waals surface area contributed by atoms with Crippen molar-refractivity contribution in [2.24, 2.45) is 5.41 Å². The molecule has 2 aliphatic rings. The summed E-state index contributed by atoms with van der Waals surface area (Å²) in [5.74, 6) is 1.67. The molecule has 0 aromatic heterocycles. The van der Waals surface area contributed by atoms with Crippen molar-refractivity contribution in [3.8, 4) is 11.5 Å². The monoisotopic (exact) mass is 291 g/mol. The van der Waals surface area contributed by atoms with E-state index in [1.165, 1.54) is 0 Å². The maximum Gasteiger partial charge on any atom is 0.161 e. The van der Waals surface area contributed by atoms with Crippen molar-refractivity contribution in [3.63, 3.8) is 0 Å². The zero-order valence-electron chi connectivity index (χ0n) is 13.1. The van der Waals surface area contributed by atoms with Gasteiger partial charge in [0.15, 0.2) is 11.5 Å². The van der Waals surface area contributed by atoms with E-state index in [9.17, 15) is 0 Å². The smallest absolute Gasteiger partial charge is 0.161 e. The van der Waals surface area contributed by atoms with Crippen LogP contribution in [0, 0.1) is 5.41 Å². The Morgan fingerprint density at radius 1 is 1.10 bits per heavy atom. The summed E-state index contributed by atoms with van der Waals surface area (Å²) in [6.45, 7) is 9.78. The highest BCUT2D eigenvalue weighted by Crippen LogP contribution is 2.35. The molecule has 1 N–H and O–H groups in total. The van der Waals surface area contributed by atoms with Gasteiger partial charge >= 0.3 is 0 Å². The number of fused-ring (bicyclic) bond motifs is 1. The largest absolute Gasteiger partial charge is 0.486 e. The van der Waals surface area contributed by atoms with Gasteiger partial charge in [-0.15, -0.1) is 0 Å². The van der Waals surface area contributed by atoms with Crippen molar-refractivity contribution in [1.82, 2.24) is 5.32 Å². The first kappa shape index (κ1) is 14.7. The fraction of sp³-hybridized carbons (Fsp3) is 0.647. The van der Waals surface area contributed by atoms with Crippen molar-refractivity contribution >= 4 is 0 Å². The molecule has 2 unspecified atom stereocenters. The summed E-state index contributed by atoms with van der Waals surface area (Å²) >= 11 is 0. The Morgan fingerprint density at radius 2 is 1.86 bits per heavy atom. The predicted octanol–water partition coefficient (Wildman–Crippen LogP) is 2.92. The molecule has 1 aromatic rings. The normalized spacial score (nSPS) is 25.7. The van der Waals surface area contributed by atoms with Crippen LogP contribution in [0.15, 0.2) is 18.2 Å². The number of benzene rings is 1. The van der Waals surface area contributed by atoms with E-state index in [0.29, 0.717) is 13.2 Å². The minimum atomic E-state index is 0.0851. The van der Waals surface area contributed by atoms with Crippen LogP contribution in [-0.4, -0.2) is 32.4 Å². The lowest BCUT2D eigenvalue weighted by Gasteiger charge is -2.35. The van der Waals surface area contributed by atoms with E-state index >= 15 is 0 Å². The van der Waals surface area contributed by atoms with Gasteiger partial charge in [-0.25, -0.2) is 0 Å². The van der Waals surface area contributed by atoms with E-state index in [4.69, 9.17) is 14.2 Å². The van der Waals surface area contributed by atoms with Gasteiger partial charge in [-0.2, -0.15) is 0 Å². The minimum absolute atomic E-state index is 0.0851. The fourth-order valence-electron chi connectivity index (χ4n) is 2.96. The van der Waals surface area contributed by atoms with Crippen LogP contribution in [0.2, 0.25) is 0 Å². The maximum atomic E-state index is 6.28. The van der Waals surface area contributed by atoms with E-state index in [-0.39, 0.29) is 17.6 Å². The van der Waals surface area contributed by atoms with Gasteiger partial charge in [0.1, 0.15) is 13.2 Å². The molecule has 0 spiro atoms. The van der Waals surface area contributed by atoms with E-state index in [1.807, 2.05) is 6.07 Å². The fourth-order valence-corrected chi connectivity index (χ4v) is 2.96. The molecule has 0 bridgehead atoms. The number of morpholine rings is 1. The molecule has 1 saturated heterocycles. The number of ether oxygens (including phenoxy) is 3. The Balaban J connectivity index is 1.71. The second-order valence-corrected chi connectivity index (χ2v) is 7.07. The van der Waals surface area contributed by atoms with Gasteiger partial charge in [-0.3, -0.25) is 0 Å². The average molecular weight is 291 g/mol. The SMILES string of the molecule is CC(C)(C)CC1CNCC(c2ccc3c(c2)OCCO3)O1. The Kier molecular flexibility index (Phi) is 4.09. The number of rotatable bonds is 2. The third-order valence-corrected chi connectivity index (χ3v) is 3.84. The highest BCUT2D eigenvalue weighted by Gasteiger charge is 2.27. The quantitative estimate of drug-likeness (QED) is 0.909. The first-order valence-corrected chi connectivity index (χ1v) is 7.77. The number of hydrogen-bond donors (Lipinski definition) is 1. The Bertz CT molecular complexity index is 495. The zero-order valence-corrected chi connectivity index (χ0v) is 13.1. The summed E-state index contributed by atoms with van der Waals surface area (Å²) in [4.78, 5) is 0. The lowest BCUT2D eigenvalue weighted by atomic mass is 9.88. The van der Waals surface area contributed by atoms with Crippen LogP contribution in [0.25, 0.3) is 0 Å². The molecule has 1 aromatic carbocycles. The standard InChI is InChI=1S/C17H25NO3/c1-17(2,3)9-13-10-18-11-16(21-13)12-4-5-14-15(8-12)20-7-6-19-14/h4-5,8,13,16,18H,6-7,9-11H2,1-3H3. The highest BCUT2D eigenvalue weighted by atomic mass is 16.6. The van der Waals surface area contributed by atoms with Crippen LogP contribution >= 0.6 is 0 Å². The number of hydrogen-bond acceptors (Lipinski definition) is 4. The Morgan fingerprint density at radius 3 is 2.62 bits per heavy atom. The molecule has 0 amide bonds. The highest BCUT2D eigenvalue weighted by molar-refractivity contribution is 5.44. The molecule has 0 aliphatic carbocycles. The van der Waals surface area contributed by atoms with E-state index in [0.717, 1.165) is 36.6 Å². The van der Waals surface area contributed by atoms with E-state index in [1.54, 1.807) is 0 Å². The molecular weight excluding hydrogens is 266 g/mol. The minimum Gasteiger partial charge on any atom is -0.486 e. The molecule has 21 heavy (non-hydrogen) atoms. The third kappa shape index (κ3) is 3.69.